The fourth-order valence-electron chi connectivity index (χ4n) is 3.06. The van der Waals surface area contributed by atoms with Gasteiger partial charge in [-0.1, -0.05) is 34.5 Å². The molecule has 0 bridgehead atoms. The van der Waals surface area contributed by atoms with Crippen LogP contribution >= 0.6 is 68.5 Å². The van der Waals surface area contributed by atoms with Crippen LogP contribution in [0.4, 0.5) is 5.13 Å². The Morgan fingerprint density at radius 1 is 0.706 bits per heavy atom. The van der Waals surface area contributed by atoms with E-state index in [0.717, 1.165) is 50.5 Å². The van der Waals surface area contributed by atoms with Crippen LogP contribution in [0.15, 0.2) is 24.3 Å². The minimum atomic E-state index is -0.133. The summed E-state index contributed by atoms with van der Waals surface area (Å²) in [5, 5.41) is 22.5. The Kier molecular flexibility index (Phi) is 9.15. The van der Waals surface area contributed by atoms with E-state index in [1.807, 2.05) is 12.1 Å². The van der Waals surface area contributed by atoms with Gasteiger partial charge in [-0.2, -0.15) is 0 Å². The number of nitrogens with zero attached hydrogens (tertiary/aromatic N) is 4. The Morgan fingerprint density at radius 2 is 1.29 bits per heavy atom. The van der Waals surface area contributed by atoms with E-state index in [1.165, 1.54) is 45.3 Å². The van der Waals surface area contributed by atoms with Crippen LogP contribution in [0.5, 0.6) is 0 Å². The van der Waals surface area contributed by atoms with E-state index in [1.54, 1.807) is 12.1 Å². The Hall–Kier alpha value is -1.76. The number of aromatic nitrogens is 4. The smallest absolute Gasteiger partial charge is 0.231 e. The molecule has 0 radical (unpaired) electrons. The van der Waals surface area contributed by atoms with Gasteiger partial charge in [-0.25, -0.2) is 0 Å². The lowest BCUT2D eigenvalue weighted by Crippen LogP contribution is -2.13. The van der Waals surface area contributed by atoms with Crippen LogP contribution in [0, 0.1) is 0 Å². The van der Waals surface area contributed by atoms with Crippen molar-refractivity contribution in [1.29, 1.82) is 0 Å². The Labute approximate surface area is 222 Å². The molecule has 34 heavy (non-hydrogen) atoms. The van der Waals surface area contributed by atoms with E-state index in [0.29, 0.717) is 26.6 Å². The molecule has 0 unspecified atom stereocenters. The van der Waals surface area contributed by atoms with Gasteiger partial charge in [0, 0.05) is 29.0 Å². The van der Waals surface area contributed by atoms with Crippen molar-refractivity contribution >= 4 is 85.4 Å². The molecule has 13 heteroatoms. The number of carbonyl (C=O) groups excluding carboxylic acids is 2. The summed E-state index contributed by atoms with van der Waals surface area (Å²) in [5.41, 5.74) is 0. The standard InChI is InChI=1S/C21H19Cl2N5O2S4/c22-15-7-5-13(31-15)9-12(29)10-20-27-25-18(33-20)3-1-2-4-19-26-28-21(34-19)24-17(30)11-14-6-8-16(23)32-14/h5-8H,1-4,9-11H2,(H,24,28,30). The number of thiophene rings is 2. The highest BCUT2D eigenvalue weighted by Crippen LogP contribution is 2.24. The van der Waals surface area contributed by atoms with Crippen LogP contribution in [0.25, 0.3) is 0 Å². The van der Waals surface area contributed by atoms with Gasteiger partial charge in [0.15, 0.2) is 0 Å². The van der Waals surface area contributed by atoms with Crippen molar-refractivity contribution in [3.63, 3.8) is 0 Å². The third-order valence-corrected chi connectivity index (χ3v) is 8.91. The highest BCUT2D eigenvalue weighted by Gasteiger charge is 2.13. The number of rotatable bonds is 12. The van der Waals surface area contributed by atoms with Crippen LogP contribution in [-0.2, 0) is 41.7 Å². The summed E-state index contributed by atoms with van der Waals surface area (Å²) in [4.78, 5) is 26.2. The van der Waals surface area contributed by atoms with Crippen molar-refractivity contribution in [3.05, 3.63) is 57.7 Å². The molecule has 0 fully saturated rings. The number of Topliss-reactive ketones (excluding diaryl/α,β-unsaturated/α-hetero) is 1. The Balaban J connectivity index is 1.14. The summed E-state index contributed by atoms with van der Waals surface area (Å²) in [7, 11) is 0. The van der Waals surface area contributed by atoms with Crippen LogP contribution in [0.1, 0.15) is 37.6 Å². The van der Waals surface area contributed by atoms with Crippen LogP contribution < -0.4 is 5.32 Å². The second kappa shape index (κ2) is 12.3. The van der Waals surface area contributed by atoms with Crippen LogP contribution in [0.2, 0.25) is 8.67 Å². The largest absolute Gasteiger partial charge is 0.300 e. The molecule has 7 nitrogen and oxygen atoms in total. The summed E-state index contributed by atoms with van der Waals surface area (Å²) >= 11 is 17.5. The molecule has 178 valence electrons. The first-order chi connectivity index (χ1) is 16.4. The zero-order valence-corrected chi connectivity index (χ0v) is 22.5. The Bertz CT molecular complexity index is 1170. The van der Waals surface area contributed by atoms with Crippen molar-refractivity contribution < 1.29 is 9.59 Å². The summed E-state index contributed by atoms with van der Waals surface area (Å²) in [6, 6.07) is 7.31. The van der Waals surface area contributed by atoms with E-state index in [4.69, 9.17) is 23.2 Å². The molecular weight excluding hydrogens is 553 g/mol. The van der Waals surface area contributed by atoms with E-state index in [-0.39, 0.29) is 18.1 Å². The van der Waals surface area contributed by atoms with E-state index in [9.17, 15) is 9.59 Å². The number of amides is 1. The molecule has 0 aliphatic heterocycles. The minimum absolute atomic E-state index is 0.111. The van der Waals surface area contributed by atoms with Crippen molar-refractivity contribution in [2.24, 2.45) is 0 Å². The fourth-order valence-corrected chi connectivity index (χ4v) is 6.97. The van der Waals surface area contributed by atoms with Gasteiger partial charge in [0.1, 0.15) is 20.8 Å². The Morgan fingerprint density at radius 3 is 1.94 bits per heavy atom. The van der Waals surface area contributed by atoms with Gasteiger partial charge in [-0.05, 0) is 37.1 Å². The lowest BCUT2D eigenvalue weighted by molar-refractivity contribution is -0.118. The molecule has 4 heterocycles. The van der Waals surface area contributed by atoms with Crippen molar-refractivity contribution in [2.45, 2.75) is 44.9 Å². The topological polar surface area (TPSA) is 97.7 Å². The molecule has 0 aromatic carbocycles. The number of anilines is 1. The van der Waals surface area contributed by atoms with Crippen molar-refractivity contribution in [1.82, 2.24) is 20.4 Å². The molecule has 0 atom stereocenters. The number of nitrogens with one attached hydrogen (secondary N) is 1. The first-order valence-corrected chi connectivity index (χ1v) is 14.4. The maximum absolute atomic E-state index is 12.2. The zero-order valence-electron chi connectivity index (χ0n) is 17.8. The molecular formula is C21H19Cl2N5O2S4. The summed E-state index contributed by atoms with van der Waals surface area (Å²) in [5.74, 6) is -0.0227. The molecule has 0 saturated carbocycles. The van der Waals surface area contributed by atoms with Crippen molar-refractivity contribution in [3.8, 4) is 0 Å². The number of halogens is 2. The van der Waals surface area contributed by atoms with Gasteiger partial charge in [0.05, 0.1) is 21.5 Å². The van der Waals surface area contributed by atoms with Gasteiger partial charge in [0.2, 0.25) is 11.0 Å². The fraction of sp³-hybridized carbons (Fsp3) is 0.333. The van der Waals surface area contributed by atoms with Crippen LogP contribution in [0.3, 0.4) is 0 Å². The van der Waals surface area contributed by atoms with E-state index in [2.05, 4.69) is 25.7 Å². The molecule has 4 aromatic heterocycles. The van der Waals surface area contributed by atoms with E-state index >= 15 is 0 Å². The highest BCUT2D eigenvalue weighted by molar-refractivity contribution is 7.16. The first kappa shape index (κ1) is 25.3. The molecule has 0 aliphatic carbocycles. The number of aryl methyl sites for hydroxylation is 2. The lowest BCUT2D eigenvalue weighted by atomic mass is 10.2. The quantitative estimate of drug-likeness (QED) is 0.212. The summed E-state index contributed by atoms with van der Waals surface area (Å²) < 4.78 is 1.36. The molecule has 1 amide bonds. The summed E-state index contributed by atoms with van der Waals surface area (Å²) in [6.45, 7) is 0. The van der Waals surface area contributed by atoms with Gasteiger partial charge in [0.25, 0.3) is 0 Å². The SMILES string of the molecule is O=C(Cc1ccc(Cl)s1)Cc1nnc(CCCCc2nnc(NC(=O)Cc3ccc(Cl)s3)s2)s1. The number of unbranched alkanes of at least 4 members (excludes halogenated alkanes) is 1. The monoisotopic (exact) mass is 571 g/mol. The second-order valence-electron chi connectivity index (χ2n) is 7.33. The second-order valence-corrected chi connectivity index (χ2v) is 13.1. The number of carbonyl (C=O) groups is 2. The predicted molar refractivity (Wildman–Crippen MR) is 140 cm³/mol. The molecule has 0 spiro atoms. The third kappa shape index (κ3) is 7.89. The van der Waals surface area contributed by atoms with Crippen molar-refractivity contribution in [2.75, 3.05) is 5.32 Å². The predicted octanol–water partition coefficient (Wildman–Crippen LogP) is 5.92. The lowest BCUT2D eigenvalue weighted by Gasteiger charge is -1.98. The molecule has 4 rings (SSSR count). The normalized spacial score (nSPS) is 11.1. The number of hydrogen-bond acceptors (Lipinski definition) is 10. The van der Waals surface area contributed by atoms with Gasteiger partial charge < -0.3 is 5.32 Å². The summed E-state index contributed by atoms with van der Waals surface area (Å²) in [6.07, 6.45) is 4.37. The number of hydrogen-bond donors (Lipinski definition) is 1. The zero-order chi connectivity index (χ0) is 23.9. The minimum Gasteiger partial charge on any atom is -0.300 e. The first-order valence-electron chi connectivity index (χ1n) is 10.4. The average Bonchev–Trinajstić information content (AvgIpc) is 3.57. The third-order valence-electron chi connectivity index (χ3n) is 4.57. The van der Waals surface area contributed by atoms with Gasteiger partial charge in [-0.15, -0.1) is 54.4 Å². The maximum atomic E-state index is 12.2. The molecule has 0 aliphatic rings. The average molecular weight is 573 g/mol. The van der Waals surface area contributed by atoms with Gasteiger partial charge >= 0.3 is 0 Å². The molecule has 0 saturated heterocycles. The molecule has 4 aromatic rings. The highest BCUT2D eigenvalue weighted by atomic mass is 35.5. The molecule has 1 N–H and O–H groups in total. The maximum Gasteiger partial charge on any atom is 0.231 e. The number of ketones is 1. The van der Waals surface area contributed by atoms with Crippen LogP contribution in [-0.4, -0.2) is 32.1 Å². The van der Waals surface area contributed by atoms with E-state index < -0.39 is 0 Å². The van der Waals surface area contributed by atoms with Gasteiger partial charge in [-0.3, -0.25) is 9.59 Å².